The number of nitrogens with zero attached hydrogens (tertiary/aromatic N) is 1. The Morgan fingerprint density at radius 1 is 1.03 bits per heavy atom. The number of hydrogen-bond donors (Lipinski definition) is 2. The minimum Gasteiger partial charge on any atom is -0.454 e. The number of halogens is 1. The van der Waals surface area contributed by atoms with Crippen molar-refractivity contribution in [2.24, 2.45) is 5.14 Å². The predicted octanol–water partition coefficient (Wildman–Crippen LogP) is 3.02. The second kappa shape index (κ2) is 8.54. The van der Waals surface area contributed by atoms with E-state index in [0.717, 1.165) is 5.69 Å². The van der Waals surface area contributed by atoms with E-state index < -0.39 is 22.6 Å². The second-order valence-corrected chi connectivity index (χ2v) is 8.89. The number of esters is 1. The number of aromatic nitrogens is 1. The van der Waals surface area contributed by atoms with Crippen LogP contribution in [0.2, 0.25) is 5.02 Å². The van der Waals surface area contributed by atoms with Crippen LogP contribution >= 0.6 is 11.6 Å². The lowest BCUT2D eigenvalue weighted by molar-refractivity contribution is 0.0475. The zero-order valence-corrected chi connectivity index (χ0v) is 18.3. The Balaban J connectivity index is 1.79. The number of nitrogen functional groups attached to an aromatic ring is 1. The summed E-state index contributed by atoms with van der Waals surface area (Å²) in [7, 11) is -3.80. The van der Waals surface area contributed by atoms with Gasteiger partial charge in [-0.25, -0.2) is 18.4 Å². The fraction of sp³-hybridized carbons (Fsp3) is 0.143. The summed E-state index contributed by atoms with van der Waals surface area (Å²) >= 11 is 5.82. The number of benzene rings is 2. The van der Waals surface area contributed by atoms with E-state index in [2.05, 4.69) is 0 Å². The van der Waals surface area contributed by atoms with Crippen LogP contribution in [0.1, 0.15) is 32.1 Å². The SMILES string of the molecule is Cc1cc(C(=O)COC(=O)c2ccc(Cl)cc2N)c(C)n1-c1ccc(S(N)(=O)=O)cc1. The monoisotopic (exact) mass is 461 g/mol. The lowest BCUT2D eigenvalue weighted by Crippen LogP contribution is -2.16. The van der Waals surface area contributed by atoms with Crippen molar-refractivity contribution in [1.82, 2.24) is 4.57 Å². The van der Waals surface area contributed by atoms with Gasteiger partial charge in [-0.05, 0) is 62.4 Å². The highest BCUT2D eigenvalue weighted by atomic mass is 35.5. The number of aryl methyl sites for hydroxylation is 1. The largest absolute Gasteiger partial charge is 0.454 e. The lowest BCUT2D eigenvalue weighted by atomic mass is 10.1. The van der Waals surface area contributed by atoms with Crippen LogP contribution in [0.15, 0.2) is 53.4 Å². The first-order valence-electron chi connectivity index (χ1n) is 9.06. The molecule has 0 saturated carbocycles. The van der Waals surface area contributed by atoms with Crippen LogP contribution in [0.4, 0.5) is 5.69 Å². The van der Waals surface area contributed by atoms with Crippen molar-refractivity contribution >= 4 is 39.1 Å². The van der Waals surface area contributed by atoms with E-state index in [1.807, 2.05) is 0 Å². The number of nitrogens with two attached hydrogens (primary N) is 2. The number of anilines is 1. The zero-order chi connectivity index (χ0) is 22.9. The highest BCUT2D eigenvalue weighted by molar-refractivity contribution is 7.89. The van der Waals surface area contributed by atoms with Crippen LogP contribution in [-0.2, 0) is 14.8 Å². The highest BCUT2D eigenvalue weighted by Gasteiger charge is 2.20. The molecule has 0 amide bonds. The van der Waals surface area contributed by atoms with Crippen LogP contribution in [0.5, 0.6) is 0 Å². The molecular weight excluding hydrogens is 442 g/mol. The van der Waals surface area contributed by atoms with E-state index in [-0.39, 0.29) is 21.9 Å². The minimum atomic E-state index is -3.80. The molecule has 0 spiro atoms. The Hall–Kier alpha value is -3.14. The Kier molecular flexibility index (Phi) is 6.21. The van der Waals surface area contributed by atoms with Crippen LogP contribution in [-0.4, -0.2) is 31.3 Å². The van der Waals surface area contributed by atoms with Gasteiger partial charge in [-0.1, -0.05) is 11.6 Å². The lowest BCUT2D eigenvalue weighted by Gasteiger charge is -2.11. The number of rotatable bonds is 6. The second-order valence-electron chi connectivity index (χ2n) is 6.89. The van der Waals surface area contributed by atoms with Crippen LogP contribution in [0.3, 0.4) is 0 Å². The fourth-order valence-corrected chi connectivity index (χ4v) is 3.93. The summed E-state index contributed by atoms with van der Waals surface area (Å²) in [5.41, 5.74) is 8.46. The van der Waals surface area contributed by atoms with Gasteiger partial charge < -0.3 is 15.0 Å². The van der Waals surface area contributed by atoms with Crippen molar-refractivity contribution in [3.05, 3.63) is 76.1 Å². The molecule has 10 heteroatoms. The van der Waals surface area contributed by atoms with Crippen molar-refractivity contribution in [1.29, 1.82) is 0 Å². The average Bonchev–Trinajstić information content (AvgIpc) is 2.99. The first kappa shape index (κ1) is 22.5. The van der Waals surface area contributed by atoms with Crippen LogP contribution in [0, 0.1) is 13.8 Å². The minimum absolute atomic E-state index is 0.0107. The van der Waals surface area contributed by atoms with Crippen LogP contribution in [0.25, 0.3) is 5.69 Å². The summed E-state index contributed by atoms with van der Waals surface area (Å²) in [6.07, 6.45) is 0. The summed E-state index contributed by atoms with van der Waals surface area (Å²) in [5, 5.41) is 5.51. The number of carbonyl (C=O) groups is 2. The van der Waals surface area contributed by atoms with Gasteiger partial charge in [-0.15, -0.1) is 0 Å². The van der Waals surface area contributed by atoms with Gasteiger partial charge in [0.25, 0.3) is 0 Å². The quantitative estimate of drug-likeness (QED) is 0.329. The summed E-state index contributed by atoms with van der Waals surface area (Å²) in [6.45, 7) is 3.08. The molecule has 0 aliphatic carbocycles. The normalized spacial score (nSPS) is 11.4. The number of hydrogen-bond acceptors (Lipinski definition) is 6. The zero-order valence-electron chi connectivity index (χ0n) is 16.8. The molecule has 0 bridgehead atoms. The van der Waals surface area contributed by atoms with E-state index in [1.54, 1.807) is 36.6 Å². The summed E-state index contributed by atoms with van der Waals surface area (Å²) in [5.74, 6) is -1.11. The third-order valence-corrected chi connectivity index (χ3v) is 5.89. The van der Waals surface area contributed by atoms with E-state index >= 15 is 0 Å². The van der Waals surface area contributed by atoms with E-state index in [1.165, 1.54) is 30.3 Å². The van der Waals surface area contributed by atoms with Gasteiger partial charge in [0.15, 0.2) is 6.61 Å². The molecule has 31 heavy (non-hydrogen) atoms. The third kappa shape index (κ3) is 4.79. The smallest absolute Gasteiger partial charge is 0.340 e. The molecule has 0 atom stereocenters. The summed E-state index contributed by atoms with van der Waals surface area (Å²) in [6, 6.07) is 12.0. The molecule has 1 heterocycles. The maximum Gasteiger partial charge on any atom is 0.340 e. The molecular formula is C21H20ClN3O5S. The van der Waals surface area contributed by atoms with E-state index in [9.17, 15) is 18.0 Å². The summed E-state index contributed by atoms with van der Waals surface area (Å²) in [4.78, 5) is 24.9. The average molecular weight is 462 g/mol. The topological polar surface area (TPSA) is 134 Å². The Bertz CT molecular complexity index is 1280. The third-order valence-electron chi connectivity index (χ3n) is 4.72. The maximum atomic E-state index is 12.7. The number of carbonyl (C=O) groups excluding carboxylic acids is 2. The Labute approximate surface area is 184 Å². The molecule has 0 radical (unpaired) electrons. The summed E-state index contributed by atoms with van der Waals surface area (Å²) < 4.78 is 29.8. The Morgan fingerprint density at radius 3 is 2.26 bits per heavy atom. The van der Waals surface area contributed by atoms with Gasteiger partial charge in [-0.3, -0.25) is 4.79 Å². The van der Waals surface area contributed by atoms with Crippen molar-refractivity contribution in [3.8, 4) is 5.69 Å². The Morgan fingerprint density at radius 2 is 1.68 bits per heavy atom. The predicted molar refractivity (Wildman–Crippen MR) is 117 cm³/mol. The molecule has 3 aromatic rings. The number of ether oxygens (including phenoxy) is 1. The molecule has 162 valence electrons. The van der Waals surface area contributed by atoms with E-state index in [0.29, 0.717) is 22.0 Å². The van der Waals surface area contributed by atoms with Crippen molar-refractivity contribution < 1.29 is 22.7 Å². The first-order valence-corrected chi connectivity index (χ1v) is 11.0. The molecule has 0 aliphatic heterocycles. The van der Waals surface area contributed by atoms with Crippen LogP contribution < -0.4 is 10.9 Å². The number of primary sulfonamides is 1. The molecule has 4 N–H and O–H groups in total. The molecule has 8 nitrogen and oxygen atoms in total. The van der Waals surface area contributed by atoms with Gasteiger partial charge >= 0.3 is 5.97 Å². The number of ketones is 1. The van der Waals surface area contributed by atoms with Gasteiger partial charge in [0.2, 0.25) is 15.8 Å². The fourth-order valence-electron chi connectivity index (χ4n) is 3.23. The molecule has 2 aromatic carbocycles. The molecule has 0 fully saturated rings. The molecule has 1 aromatic heterocycles. The van der Waals surface area contributed by atoms with Crippen molar-refractivity contribution in [3.63, 3.8) is 0 Å². The number of sulfonamides is 1. The first-order chi connectivity index (χ1) is 14.5. The highest BCUT2D eigenvalue weighted by Crippen LogP contribution is 2.23. The van der Waals surface area contributed by atoms with Crippen molar-refractivity contribution in [2.45, 2.75) is 18.7 Å². The van der Waals surface area contributed by atoms with E-state index in [4.69, 9.17) is 27.2 Å². The van der Waals surface area contributed by atoms with Gasteiger partial charge in [0, 0.05) is 33.3 Å². The maximum absolute atomic E-state index is 12.7. The molecule has 0 unspecified atom stereocenters. The van der Waals surface area contributed by atoms with Gasteiger partial charge in [-0.2, -0.15) is 0 Å². The molecule has 0 aliphatic rings. The number of Topliss-reactive ketones (excluding diaryl/α,β-unsaturated/α-hetero) is 1. The van der Waals surface area contributed by atoms with Gasteiger partial charge in [0.1, 0.15) is 0 Å². The van der Waals surface area contributed by atoms with Gasteiger partial charge in [0.05, 0.1) is 10.5 Å². The standard InChI is InChI=1S/C21H20ClN3O5S/c1-12-9-18(13(2)25(12)15-4-6-16(7-5-15)31(24,28)29)20(26)11-30-21(27)17-8-3-14(22)10-19(17)23/h3-10H,11,23H2,1-2H3,(H2,24,28,29). The van der Waals surface area contributed by atoms with Crippen molar-refractivity contribution in [2.75, 3.05) is 12.3 Å². The molecule has 0 saturated heterocycles. The molecule has 3 rings (SSSR count).